The second-order valence-corrected chi connectivity index (χ2v) is 18.6. The van der Waals surface area contributed by atoms with E-state index in [-0.39, 0.29) is 37.8 Å². The standard InChI is InChI=1S/C47H66N8O14/c1-26(2)20-35(43(63)68-46(4,5)6)53-42(62)34(55-44(64)67-24-32-30-16-12-10-14-28(30)29-15-11-13-17-31(29)32)21-39(59)66-25-38(58)49-19-18-33(54-45(65)69-47(7,8)9)41(61)52-27(3)40(60)51-23-37(57)50-22-36(48)56/h10-17,26-27,32-35H,18-25H2,1-9H3,(H2,48,56)(H,49,58)(H,50,57)(H,51,60)(H,52,61)(H,53,62)(H,54,65)(H,55,64)/t27-,33+,34-,35-/m0/s1. The molecule has 9 N–H and O–H groups in total. The lowest BCUT2D eigenvalue weighted by Gasteiger charge is -2.27. The monoisotopic (exact) mass is 966 g/mol. The van der Waals surface area contributed by atoms with Crippen LogP contribution in [-0.4, -0.2) is 128 Å². The van der Waals surface area contributed by atoms with Crippen LogP contribution in [-0.2, 0) is 57.3 Å². The average molecular weight is 967 g/mol. The third-order valence-corrected chi connectivity index (χ3v) is 9.80. The van der Waals surface area contributed by atoms with E-state index in [1.54, 1.807) is 41.5 Å². The number of benzene rings is 2. The van der Waals surface area contributed by atoms with Crippen molar-refractivity contribution in [2.45, 2.75) is 123 Å². The molecule has 0 fully saturated rings. The topological polar surface area (TPSA) is 318 Å². The summed E-state index contributed by atoms with van der Waals surface area (Å²) in [7, 11) is 0. The molecule has 69 heavy (non-hydrogen) atoms. The molecule has 1 aliphatic carbocycles. The summed E-state index contributed by atoms with van der Waals surface area (Å²) in [6.45, 7) is 12.5. The van der Waals surface area contributed by atoms with Gasteiger partial charge in [0.15, 0.2) is 6.61 Å². The van der Waals surface area contributed by atoms with E-state index < -0.39 is 121 Å². The van der Waals surface area contributed by atoms with Gasteiger partial charge in [0, 0.05) is 12.5 Å². The molecule has 0 aromatic heterocycles. The Hall–Kier alpha value is -7.26. The van der Waals surface area contributed by atoms with E-state index in [9.17, 15) is 47.9 Å². The lowest BCUT2D eigenvalue weighted by Crippen LogP contribution is -2.54. The third-order valence-electron chi connectivity index (χ3n) is 9.80. The van der Waals surface area contributed by atoms with Crippen molar-refractivity contribution in [3.63, 3.8) is 0 Å². The van der Waals surface area contributed by atoms with Gasteiger partial charge in [-0.3, -0.25) is 33.6 Å². The van der Waals surface area contributed by atoms with Crippen molar-refractivity contribution in [1.82, 2.24) is 37.2 Å². The second kappa shape index (κ2) is 25.8. The van der Waals surface area contributed by atoms with Crippen LogP contribution in [0.5, 0.6) is 0 Å². The molecule has 8 amide bonds. The van der Waals surface area contributed by atoms with Crippen molar-refractivity contribution in [1.29, 1.82) is 0 Å². The maximum absolute atomic E-state index is 13.8. The van der Waals surface area contributed by atoms with E-state index >= 15 is 0 Å². The maximum atomic E-state index is 13.8. The van der Waals surface area contributed by atoms with Crippen LogP contribution in [0.2, 0.25) is 0 Å². The molecule has 378 valence electrons. The largest absolute Gasteiger partial charge is 0.458 e. The first-order valence-corrected chi connectivity index (χ1v) is 22.4. The Labute approximate surface area is 401 Å². The molecule has 2 aromatic carbocycles. The Morgan fingerprint density at radius 3 is 1.74 bits per heavy atom. The number of rotatable bonds is 23. The van der Waals surface area contributed by atoms with Crippen LogP contribution in [0.15, 0.2) is 48.5 Å². The summed E-state index contributed by atoms with van der Waals surface area (Å²) in [6, 6.07) is 9.96. The number of hydrogen-bond acceptors (Lipinski definition) is 14. The van der Waals surface area contributed by atoms with Gasteiger partial charge in [0.2, 0.25) is 29.5 Å². The molecule has 4 atom stereocenters. The zero-order valence-corrected chi connectivity index (χ0v) is 40.5. The molecule has 22 heteroatoms. The van der Waals surface area contributed by atoms with Gasteiger partial charge in [-0.15, -0.1) is 0 Å². The molecule has 22 nitrogen and oxygen atoms in total. The summed E-state index contributed by atoms with van der Waals surface area (Å²) >= 11 is 0. The Balaban J connectivity index is 1.67. The van der Waals surface area contributed by atoms with Gasteiger partial charge in [-0.2, -0.15) is 0 Å². The SMILES string of the molecule is CC(C)C[C@H](NC(=O)[C@H](CC(=O)OCC(=O)NCC[C@@H](NC(=O)OC(C)(C)C)C(=O)N[C@@H](C)C(=O)NCC(=O)NCC(N)=O)NC(=O)OCC1c2ccccc2-c2ccccc21)C(=O)OC(C)(C)C. The summed E-state index contributed by atoms with van der Waals surface area (Å²) in [6.07, 6.45) is -2.92. The molecule has 0 bridgehead atoms. The van der Waals surface area contributed by atoms with Gasteiger partial charge >= 0.3 is 24.1 Å². The summed E-state index contributed by atoms with van der Waals surface area (Å²) in [4.78, 5) is 128. The average Bonchev–Trinajstić information content (AvgIpc) is 3.57. The predicted molar refractivity (Wildman–Crippen MR) is 248 cm³/mol. The summed E-state index contributed by atoms with van der Waals surface area (Å²) in [5.74, 6) is -7.17. The van der Waals surface area contributed by atoms with Gasteiger partial charge in [-0.25, -0.2) is 14.4 Å². The van der Waals surface area contributed by atoms with Crippen molar-refractivity contribution < 1.29 is 66.9 Å². The van der Waals surface area contributed by atoms with Crippen LogP contribution in [0.1, 0.15) is 98.6 Å². The van der Waals surface area contributed by atoms with Crippen molar-refractivity contribution in [3.8, 4) is 11.1 Å². The molecular weight excluding hydrogens is 901 g/mol. The number of carbonyl (C=O) groups is 10. The second-order valence-electron chi connectivity index (χ2n) is 18.6. The van der Waals surface area contributed by atoms with Gasteiger partial charge in [0.1, 0.15) is 42.0 Å². The quantitative estimate of drug-likeness (QED) is 0.0576. The fourth-order valence-electron chi connectivity index (χ4n) is 6.77. The Kier molecular flexibility index (Phi) is 20.9. The Morgan fingerprint density at radius 1 is 0.609 bits per heavy atom. The van der Waals surface area contributed by atoms with Gasteiger partial charge < -0.3 is 61.9 Å². The molecule has 0 saturated carbocycles. The van der Waals surface area contributed by atoms with Crippen LogP contribution in [0.3, 0.4) is 0 Å². The fourth-order valence-corrected chi connectivity index (χ4v) is 6.77. The van der Waals surface area contributed by atoms with Crippen LogP contribution in [0.25, 0.3) is 11.1 Å². The highest BCUT2D eigenvalue weighted by atomic mass is 16.6. The minimum absolute atomic E-state index is 0.0870. The van der Waals surface area contributed by atoms with Gasteiger partial charge in [0.25, 0.3) is 5.91 Å². The maximum Gasteiger partial charge on any atom is 0.408 e. The molecule has 0 aliphatic heterocycles. The third kappa shape index (κ3) is 19.9. The minimum Gasteiger partial charge on any atom is -0.458 e. The Morgan fingerprint density at radius 2 is 1.17 bits per heavy atom. The number of primary amides is 1. The van der Waals surface area contributed by atoms with Gasteiger partial charge in [-0.05, 0) is 89.5 Å². The van der Waals surface area contributed by atoms with Gasteiger partial charge in [-0.1, -0.05) is 62.4 Å². The smallest absolute Gasteiger partial charge is 0.408 e. The first-order valence-electron chi connectivity index (χ1n) is 22.4. The van der Waals surface area contributed by atoms with E-state index in [2.05, 4.69) is 37.2 Å². The van der Waals surface area contributed by atoms with Crippen molar-refractivity contribution >= 4 is 59.6 Å². The number of nitrogens with two attached hydrogens (primary N) is 1. The fraction of sp³-hybridized carbons (Fsp3) is 0.532. The number of nitrogens with one attached hydrogen (secondary N) is 7. The molecule has 3 rings (SSSR count). The Bertz CT molecular complexity index is 2160. The van der Waals surface area contributed by atoms with Crippen LogP contribution in [0, 0.1) is 5.92 Å². The van der Waals surface area contributed by atoms with Crippen molar-refractivity contribution in [3.05, 3.63) is 59.7 Å². The van der Waals surface area contributed by atoms with E-state index in [1.165, 1.54) is 6.92 Å². The first kappa shape index (κ1) is 56.1. The number of alkyl carbamates (subject to hydrolysis) is 2. The highest BCUT2D eigenvalue weighted by Crippen LogP contribution is 2.44. The normalized spacial score (nSPS) is 13.7. The zero-order valence-electron chi connectivity index (χ0n) is 40.5. The van der Waals surface area contributed by atoms with Crippen molar-refractivity contribution in [2.24, 2.45) is 11.7 Å². The number of ether oxygens (including phenoxy) is 4. The van der Waals surface area contributed by atoms with Crippen LogP contribution < -0.4 is 43.0 Å². The highest BCUT2D eigenvalue weighted by Gasteiger charge is 2.34. The summed E-state index contributed by atoms with van der Waals surface area (Å²) < 4.78 is 21.6. The van der Waals surface area contributed by atoms with E-state index in [0.717, 1.165) is 22.3 Å². The van der Waals surface area contributed by atoms with Gasteiger partial charge in [0.05, 0.1) is 19.5 Å². The van der Waals surface area contributed by atoms with Crippen LogP contribution >= 0.6 is 0 Å². The van der Waals surface area contributed by atoms with Crippen molar-refractivity contribution in [2.75, 3.05) is 32.8 Å². The molecule has 1 aliphatic rings. The lowest BCUT2D eigenvalue weighted by atomic mass is 9.98. The molecule has 0 unspecified atom stereocenters. The zero-order chi connectivity index (χ0) is 51.6. The molecular formula is C47H66N8O14. The first-order chi connectivity index (χ1) is 32.2. The summed E-state index contributed by atoms with van der Waals surface area (Å²) in [5, 5.41) is 16.7. The van der Waals surface area contributed by atoms with E-state index in [1.807, 2.05) is 62.4 Å². The number of fused-ring (bicyclic) bond motifs is 3. The van der Waals surface area contributed by atoms with Crippen LogP contribution in [0.4, 0.5) is 9.59 Å². The lowest BCUT2D eigenvalue weighted by molar-refractivity contribution is -0.159. The molecule has 0 heterocycles. The molecule has 2 aromatic rings. The molecule has 0 spiro atoms. The summed E-state index contributed by atoms with van der Waals surface area (Å²) in [5.41, 5.74) is 7.00. The highest BCUT2D eigenvalue weighted by molar-refractivity contribution is 5.94. The molecule has 0 saturated heterocycles. The number of carbonyl (C=O) groups excluding carboxylic acids is 10. The molecule has 0 radical (unpaired) electrons. The number of hydrogen-bond donors (Lipinski definition) is 8. The van der Waals surface area contributed by atoms with E-state index in [4.69, 9.17) is 24.7 Å². The minimum atomic E-state index is -1.64. The number of amides is 8. The number of esters is 2. The predicted octanol–water partition coefficient (Wildman–Crippen LogP) is 1.32. The van der Waals surface area contributed by atoms with E-state index in [0.29, 0.717) is 0 Å².